The van der Waals surface area contributed by atoms with Crippen LogP contribution in [0.5, 0.6) is 0 Å². The molecule has 0 aliphatic carbocycles. The summed E-state index contributed by atoms with van der Waals surface area (Å²) in [5.74, 6) is 0. The fourth-order valence-corrected chi connectivity index (χ4v) is 1.57. The summed E-state index contributed by atoms with van der Waals surface area (Å²) in [5, 5.41) is 3.42. The molecular formula is C12H21N3. The van der Waals surface area contributed by atoms with Crippen molar-refractivity contribution in [3.05, 3.63) is 24.0 Å². The molecule has 1 aromatic rings. The zero-order chi connectivity index (χ0) is 11.3. The number of rotatable bonds is 5. The summed E-state index contributed by atoms with van der Waals surface area (Å²) in [5.41, 5.74) is 2.27. The largest absolute Gasteiger partial charge is 0.376 e. The van der Waals surface area contributed by atoms with Gasteiger partial charge in [-0.1, -0.05) is 13.8 Å². The Morgan fingerprint density at radius 1 is 1.33 bits per heavy atom. The Morgan fingerprint density at radius 3 is 2.47 bits per heavy atom. The number of pyridine rings is 1. The summed E-state index contributed by atoms with van der Waals surface area (Å²) in [6.07, 6.45) is 3.00. The normalized spacial score (nSPS) is 12.5. The van der Waals surface area contributed by atoms with Gasteiger partial charge in [0.1, 0.15) is 0 Å². The lowest BCUT2D eigenvalue weighted by Crippen LogP contribution is -2.21. The van der Waals surface area contributed by atoms with E-state index in [1.807, 2.05) is 20.3 Å². The molecule has 15 heavy (non-hydrogen) atoms. The van der Waals surface area contributed by atoms with E-state index < -0.39 is 0 Å². The van der Waals surface area contributed by atoms with Gasteiger partial charge in [0.15, 0.2) is 0 Å². The third-order valence-electron chi connectivity index (χ3n) is 2.50. The highest BCUT2D eigenvalue weighted by molar-refractivity contribution is 5.42. The van der Waals surface area contributed by atoms with Crippen LogP contribution in [0.25, 0.3) is 0 Å². The summed E-state index contributed by atoms with van der Waals surface area (Å²) < 4.78 is 0. The second-order valence-corrected chi connectivity index (χ2v) is 3.85. The topological polar surface area (TPSA) is 28.2 Å². The van der Waals surface area contributed by atoms with Crippen LogP contribution in [0.2, 0.25) is 0 Å². The van der Waals surface area contributed by atoms with Crippen molar-refractivity contribution in [2.24, 2.45) is 0 Å². The number of hydrogen-bond donors (Lipinski definition) is 1. The summed E-state index contributed by atoms with van der Waals surface area (Å²) in [7, 11) is 4.05. The Kier molecular flexibility index (Phi) is 4.56. The van der Waals surface area contributed by atoms with E-state index in [2.05, 4.69) is 41.2 Å². The number of nitrogens with zero attached hydrogens (tertiary/aromatic N) is 2. The molecule has 0 aliphatic rings. The molecule has 1 unspecified atom stereocenters. The molecule has 1 rings (SSSR count). The van der Waals surface area contributed by atoms with Crippen LogP contribution >= 0.6 is 0 Å². The van der Waals surface area contributed by atoms with E-state index >= 15 is 0 Å². The van der Waals surface area contributed by atoms with Crippen LogP contribution in [0.4, 0.5) is 5.69 Å². The Balaban J connectivity index is 2.77. The minimum absolute atomic E-state index is 0.381. The van der Waals surface area contributed by atoms with Gasteiger partial charge in [0.05, 0.1) is 17.6 Å². The van der Waals surface area contributed by atoms with Crippen molar-refractivity contribution in [2.75, 3.05) is 25.5 Å². The van der Waals surface area contributed by atoms with Crippen LogP contribution in [0.3, 0.4) is 0 Å². The highest BCUT2D eigenvalue weighted by Crippen LogP contribution is 2.16. The third-order valence-corrected chi connectivity index (χ3v) is 2.50. The molecule has 0 aromatic carbocycles. The van der Waals surface area contributed by atoms with Crippen molar-refractivity contribution in [1.29, 1.82) is 0 Å². The summed E-state index contributed by atoms with van der Waals surface area (Å²) in [6, 6.07) is 4.60. The molecule has 0 saturated heterocycles. The standard InChI is InChI=1S/C12H21N3/c1-5-11(13-6-2)12-8-7-10(9-14-12)15(3)4/h7-9,11,13H,5-6H2,1-4H3. The maximum Gasteiger partial charge on any atom is 0.0574 e. The molecule has 1 heterocycles. The van der Waals surface area contributed by atoms with Gasteiger partial charge in [-0.2, -0.15) is 0 Å². The van der Waals surface area contributed by atoms with Crippen LogP contribution in [0, 0.1) is 0 Å². The molecule has 3 nitrogen and oxygen atoms in total. The highest BCUT2D eigenvalue weighted by atomic mass is 15.1. The Morgan fingerprint density at radius 2 is 2.07 bits per heavy atom. The zero-order valence-corrected chi connectivity index (χ0v) is 10.1. The van der Waals surface area contributed by atoms with E-state index in [4.69, 9.17) is 0 Å². The van der Waals surface area contributed by atoms with E-state index in [0.717, 1.165) is 24.3 Å². The second-order valence-electron chi connectivity index (χ2n) is 3.85. The van der Waals surface area contributed by atoms with Gasteiger partial charge < -0.3 is 10.2 Å². The second kappa shape index (κ2) is 5.71. The molecule has 0 saturated carbocycles. The number of hydrogen-bond acceptors (Lipinski definition) is 3. The third kappa shape index (κ3) is 3.20. The van der Waals surface area contributed by atoms with Crippen molar-refractivity contribution >= 4 is 5.69 Å². The molecule has 1 aromatic heterocycles. The first kappa shape index (κ1) is 12.0. The first-order valence-corrected chi connectivity index (χ1v) is 5.55. The number of nitrogens with one attached hydrogen (secondary N) is 1. The van der Waals surface area contributed by atoms with E-state index in [1.54, 1.807) is 0 Å². The first-order valence-electron chi connectivity index (χ1n) is 5.55. The average molecular weight is 207 g/mol. The summed E-state index contributed by atoms with van der Waals surface area (Å²) in [4.78, 5) is 6.55. The lowest BCUT2D eigenvalue weighted by molar-refractivity contribution is 0.525. The SMILES string of the molecule is CCNC(CC)c1ccc(N(C)C)cn1. The molecule has 1 atom stereocenters. The van der Waals surface area contributed by atoms with E-state index in [9.17, 15) is 0 Å². The van der Waals surface area contributed by atoms with Crippen LogP contribution in [-0.4, -0.2) is 25.6 Å². The van der Waals surface area contributed by atoms with Gasteiger partial charge in [-0.15, -0.1) is 0 Å². The quantitative estimate of drug-likeness (QED) is 0.802. The fourth-order valence-electron chi connectivity index (χ4n) is 1.57. The lowest BCUT2D eigenvalue weighted by Gasteiger charge is -2.17. The number of anilines is 1. The van der Waals surface area contributed by atoms with Crippen LogP contribution in [0.15, 0.2) is 18.3 Å². The predicted molar refractivity (Wildman–Crippen MR) is 65.3 cm³/mol. The molecule has 0 fully saturated rings. The first-order chi connectivity index (χ1) is 7.19. The van der Waals surface area contributed by atoms with Gasteiger partial charge in [0.2, 0.25) is 0 Å². The Labute approximate surface area is 92.5 Å². The van der Waals surface area contributed by atoms with Crippen molar-refractivity contribution in [2.45, 2.75) is 26.3 Å². The lowest BCUT2D eigenvalue weighted by atomic mass is 10.1. The van der Waals surface area contributed by atoms with Crippen molar-refractivity contribution < 1.29 is 0 Å². The van der Waals surface area contributed by atoms with Crippen LogP contribution in [-0.2, 0) is 0 Å². The predicted octanol–water partition coefficient (Wildman–Crippen LogP) is 2.21. The average Bonchev–Trinajstić information content (AvgIpc) is 2.26. The maximum absolute atomic E-state index is 4.49. The van der Waals surface area contributed by atoms with Crippen molar-refractivity contribution in [1.82, 2.24) is 10.3 Å². The fraction of sp³-hybridized carbons (Fsp3) is 0.583. The van der Waals surface area contributed by atoms with Gasteiger partial charge in [0, 0.05) is 20.1 Å². The van der Waals surface area contributed by atoms with Gasteiger partial charge >= 0.3 is 0 Å². The Bertz CT molecular complexity index is 279. The number of aromatic nitrogens is 1. The van der Waals surface area contributed by atoms with Crippen molar-refractivity contribution in [3.8, 4) is 0 Å². The smallest absolute Gasteiger partial charge is 0.0574 e. The molecular weight excluding hydrogens is 186 g/mol. The molecule has 0 aliphatic heterocycles. The Hall–Kier alpha value is -1.09. The van der Waals surface area contributed by atoms with Crippen LogP contribution < -0.4 is 10.2 Å². The molecule has 84 valence electrons. The van der Waals surface area contributed by atoms with Gasteiger partial charge in [-0.25, -0.2) is 0 Å². The zero-order valence-electron chi connectivity index (χ0n) is 10.1. The van der Waals surface area contributed by atoms with Gasteiger partial charge in [0.25, 0.3) is 0 Å². The molecule has 1 N–H and O–H groups in total. The van der Waals surface area contributed by atoms with Crippen LogP contribution in [0.1, 0.15) is 32.0 Å². The van der Waals surface area contributed by atoms with E-state index in [1.165, 1.54) is 0 Å². The molecule has 0 radical (unpaired) electrons. The minimum Gasteiger partial charge on any atom is -0.376 e. The summed E-state index contributed by atoms with van der Waals surface area (Å²) >= 11 is 0. The minimum atomic E-state index is 0.381. The van der Waals surface area contributed by atoms with E-state index in [0.29, 0.717) is 6.04 Å². The highest BCUT2D eigenvalue weighted by Gasteiger charge is 2.08. The van der Waals surface area contributed by atoms with Crippen molar-refractivity contribution in [3.63, 3.8) is 0 Å². The monoisotopic (exact) mass is 207 g/mol. The van der Waals surface area contributed by atoms with E-state index in [-0.39, 0.29) is 0 Å². The molecule has 3 heteroatoms. The molecule has 0 amide bonds. The maximum atomic E-state index is 4.49. The molecule has 0 bridgehead atoms. The van der Waals surface area contributed by atoms with Gasteiger partial charge in [-0.05, 0) is 25.1 Å². The summed E-state index contributed by atoms with van der Waals surface area (Å²) in [6.45, 7) is 5.28. The van der Waals surface area contributed by atoms with Gasteiger partial charge in [-0.3, -0.25) is 4.98 Å². The molecule has 0 spiro atoms.